The summed E-state index contributed by atoms with van der Waals surface area (Å²) >= 11 is 0. The quantitative estimate of drug-likeness (QED) is 0.0908. The molecule has 15 heteroatoms. The third-order valence-electron chi connectivity index (χ3n) is 7.02. The smallest absolute Gasteiger partial charge is 0.466 e. The first kappa shape index (κ1) is 51.9. The molecule has 12 nitrogen and oxygen atoms in total. The molecule has 0 aromatic rings. The molecule has 7 unspecified atom stereocenters. The fourth-order valence-electron chi connectivity index (χ4n) is 4.89. The van der Waals surface area contributed by atoms with Crippen molar-refractivity contribution in [2.75, 3.05) is 59.7 Å². The van der Waals surface area contributed by atoms with Crippen molar-refractivity contribution in [2.24, 2.45) is 17.8 Å². The van der Waals surface area contributed by atoms with Crippen LogP contribution in [-0.2, 0) is 87.2 Å². The summed E-state index contributed by atoms with van der Waals surface area (Å²) in [5, 5.41) is 2.75. The Balaban J connectivity index is -0.000000441. The van der Waals surface area contributed by atoms with Gasteiger partial charge in [0.15, 0.2) is 6.29 Å². The molecular weight excluding hydrogens is 806 g/mol. The number of amides is 1. The van der Waals surface area contributed by atoms with Gasteiger partial charge in [-0.15, -0.1) is 0 Å². The molecule has 2 saturated heterocycles. The first-order chi connectivity index (χ1) is 19.8. The van der Waals surface area contributed by atoms with Crippen LogP contribution < -0.4 is 5.32 Å². The molecule has 0 spiro atoms. The van der Waals surface area contributed by atoms with Gasteiger partial charge in [-0.2, -0.15) is 0 Å². The molecule has 2 aliphatic heterocycles. The molecule has 46 heavy (non-hydrogen) atoms. The van der Waals surface area contributed by atoms with Crippen molar-refractivity contribution in [2.45, 2.75) is 78.2 Å². The van der Waals surface area contributed by atoms with E-state index in [0.717, 1.165) is 19.5 Å². The van der Waals surface area contributed by atoms with Crippen molar-refractivity contribution in [1.29, 1.82) is 0 Å². The Morgan fingerprint density at radius 1 is 0.957 bits per heavy atom. The van der Waals surface area contributed by atoms with Gasteiger partial charge in [-0.3, -0.25) is 19.2 Å². The number of likely N-dealkylation sites (tertiary alicyclic amines) is 1. The molecule has 2 fully saturated rings. The monoisotopic (exact) mass is 862 g/mol. The van der Waals surface area contributed by atoms with Gasteiger partial charge in [0, 0.05) is 79.1 Å². The summed E-state index contributed by atoms with van der Waals surface area (Å²) < 4.78 is 32.2. The molecule has 2 heterocycles. The number of nitrogens with one attached hydrogen (secondary N) is 1. The number of hydrogen-bond donors (Lipinski definition) is 1. The summed E-state index contributed by atoms with van der Waals surface area (Å²) in [6.45, 7) is 15.5. The van der Waals surface area contributed by atoms with Crippen LogP contribution in [0.15, 0.2) is 0 Å². The van der Waals surface area contributed by atoms with E-state index in [1.807, 2.05) is 20.9 Å². The summed E-state index contributed by atoms with van der Waals surface area (Å²) in [6.07, 6.45) is 0.116. The molecular formula is C31H56BN2O10VW-. The Kier molecular flexibility index (Phi) is 32.7. The van der Waals surface area contributed by atoms with Gasteiger partial charge in [0.2, 0.25) is 5.91 Å². The molecule has 0 aromatic carbocycles. The van der Waals surface area contributed by atoms with Crippen LogP contribution >= 0.6 is 0 Å². The number of piperidine rings is 1. The van der Waals surface area contributed by atoms with Gasteiger partial charge in [0.25, 0.3) is 0 Å². The zero-order valence-corrected chi connectivity index (χ0v) is 33.3. The predicted octanol–water partition coefficient (Wildman–Crippen LogP) is 2.60. The number of ether oxygens (including phenoxy) is 6. The minimum atomic E-state index is -0.615. The Morgan fingerprint density at radius 3 is 2.11 bits per heavy atom. The number of hydrogen-bond acceptors (Lipinski definition) is 11. The van der Waals surface area contributed by atoms with Crippen LogP contribution in [0.5, 0.6) is 0 Å². The van der Waals surface area contributed by atoms with Crippen LogP contribution in [-0.4, -0.2) is 115 Å². The van der Waals surface area contributed by atoms with Crippen LogP contribution in [0.25, 0.3) is 0 Å². The summed E-state index contributed by atoms with van der Waals surface area (Å²) in [7, 11) is 7.88. The second-order valence-corrected chi connectivity index (χ2v) is 11.0. The second-order valence-electron chi connectivity index (χ2n) is 11.0. The molecule has 2 aliphatic rings. The van der Waals surface area contributed by atoms with Crippen molar-refractivity contribution in [3.63, 3.8) is 0 Å². The molecule has 0 saturated carbocycles. The van der Waals surface area contributed by atoms with Crippen LogP contribution in [0.4, 0.5) is 0 Å². The minimum absolute atomic E-state index is 0. The van der Waals surface area contributed by atoms with E-state index in [9.17, 15) is 19.2 Å². The van der Waals surface area contributed by atoms with Gasteiger partial charge in [0.05, 0.1) is 27.7 Å². The van der Waals surface area contributed by atoms with Crippen LogP contribution in [0.1, 0.15) is 53.9 Å². The Bertz CT molecular complexity index is 837. The standard InChI is InChI=1S/C20H34NO8.C9H16BNO2.2CH3.V.W/c1-6-25-11-9-21-18(24)8-7-10-26-20-14(3)13(2)19(28-16(5)23)17(29-20)12-27-15(4)22;1-7(12)13-6-8-3-9(10)5-11(2)4-8;;;;/h13-14,17,19-20H,1,6-12H2,2-5H3,(H,21,24);8-9H,3-6H2,1-2H3;2*1H3;;/q-1;;2*-1;+2;. The SMILES string of the molecule is [B]C1CC(COC(C)=O)CN(C)C1.[CH2-]COCCNC(=O)CCCOC1OC(COC(C)=O)C(OC(C)=O)C(C)C1C.[CH3-].[CH3-].[V+2].[W]. The number of carbonyl (C=O) groups is 4. The summed E-state index contributed by atoms with van der Waals surface area (Å²) in [5.41, 5.74) is 0. The molecule has 2 rings (SSSR count). The van der Waals surface area contributed by atoms with Crippen molar-refractivity contribution < 1.29 is 87.2 Å². The average Bonchev–Trinajstić information content (AvgIpc) is 2.90. The van der Waals surface area contributed by atoms with Gasteiger partial charge in [0.1, 0.15) is 18.8 Å². The van der Waals surface area contributed by atoms with E-state index in [4.69, 9.17) is 36.3 Å². The van der Waals surface area contributed by atoms with E-state index >= 15 is 0 Å². The van der Waals surface area contributed by atoms with E-state index in [1.54, 1.807) is 0 Å². The maximum atomic E-state index is 11.8. The van der Waals surface area contributed by atoms with Gasteiger partial charge < -0.3 is 60.4 Å². The van der Waals surface area contributed by atoms with Crippen molar-refractivity contribution in [1.82, 2.24) is 10.2 Å². The van der Waals surface area contributed by atoms with Crippen LogP contribution in [0, 0.1) is 39.5 Å². The Labute approximate surface area is 305 Å². The maximum Gasteiger partial charge on any atom is 2.00 e. The summed E-state index contributed by atoms with van der Waals surface area (Å²) in [6, 6.07) is 0. The topological polar surface area (TPSA) is 139 Å². The summed E-state index contributed by atoms with van der Waals surface area (Å²) in [4.78, 5) is 47.1. The molecule has 3 radical (unpaired) electrons. The molecule has 0 aromatic heterocycles. The molecule has 1 N–H and O–H groups in total. The van der Waals surface area contributed by atoms with Crippen molar-refractivity contribution >= 4 is 31.7 Å². The molecule has 0 bridgehead atoms. The zero-order valence-electron chi connectivity index (χ0n) is 29.0. The Morgan fingerprint density at radius 2 is 1.57 bits per heavy atom. The van der Waals surface area contributed by atoms with Crippen LogP contribution in [0.3, 0.4) is 0 Å². The fraction of sp³-hybridized carbons (Fsp3) is 0.774. The molecule has 265 valence electrons. The number of esters is 3. The van der Waals surface area contributed by atoms with E-state index in [2.05, 4.69) is 17.1 Å². The van der Waals surface area contributed by atoms with Gasteiger partial charge in [-0.1, -0.05) is 26.3 Å². The van der Waals surface area contributed by atoms with E-state index in [0.29, 0.717) is 51.7 Å². The van der Waals surface area contributed by atoms with Crippen molar-refractivity contribution in [3.05, 3.63) is 21.8 Å². The van der Waals surface area contributed by atoms with Crippen LogP contribution in [0.2, 0.25) is 5.82 Å². The number of carbonyl (C=O) groups excluding carboxylic acids is 4. The van der Waals surface area contributed by atoms with E-state index in [-0.39, 0.29) is 90.6 Å². The summed E-state index contributed by atoms with van der Waals surface area (Å²) in [5.74, 6) is -0.633. The van der Waals surface area contributed by atoms with E-state index < -0.39 is 30.4 Å². The second kappa shape index (κ2) is 29.0. The van der Waals surface area contributed by atoms with Gasteiger partial charge in [-0.25, -0.2) is 0 Å². The fourth-order valence-corrected chi connectivity index (χ4v) is 4.89. The number of nitrogens with zero attached hydrogens (tertiary/aromatic N) is 1. The third-order valence-corrected chi connectivity index (χ3v) is 7.02. The first-order valence-electron chi connectivity index (χ1n) is 14.6. The van der Waals surface area contributed by atoms with E-state index in [1.165, 1.54) is 20.8 Å². The van der Waals surface area contributed by atoms with Gasteiger partial charge >= 0.3 is 36.5 Å². The Hall–Kier alpha value is -0.942. The third kappa shape index (κ3) is 22.6. The van der Waals surface area contributed by atoms with Gasteiger partial charge in [-0.05, 0) is 26.4 Å². The molecule has 0 aliphatic carbocycles. The average molecular weight is 862 g/mol. The normalized spacial score (nSPS) is 25.2. The molecule has 7 atom stereocenters. The minimum Gasteiger partial charge on any atom is -0.466 e. The first-order valence-corrected chi connectivity index (χ1v) is 14.6. The predicted molar refractivity (Wildman–Crippen MR) is 168 cm³/mol. The maximum absolute atomic E-state index is 11.8. The zero-order chi connectivity index (χ0) is 31.7. The molecule has 1 amide bonds. The largest absolute Gasteiger partial charge is 2.00 e. The number of rotatable bonds is 14. The van der Waals surface area contributed by atoms with Crippen molar-refractivity contribution in [3.8, 4) is 0 Å².